The molecule has 233 valence electrons. The zero-order valence-corrected chi connectivity index (χ0v) is 31.2. The number of nitrogens with zero attached hydrogens (tertiary/aromatic N) is 1. The number of hydrogen-bond acceptors (Lipinski definition) is 3. The van der Waals surface area contributed by atoms with Crippen molar-refractivity contribution in [3.8, 4) is 11.3 Å². The predicted octanol–water partition coefficient (Wildman–Crippen LogP) is 10.3. The quantitative estimate of drug-likeness (QED) is 0.0606. The Morgan fingerprint density at radius 2 is 1.44 bits per heavy atom. The molecule has 3 nitrogen and oxygen atoms in total. The standard InChI is InChI=1S/C24H24NSi.C14H26O2.Ir/c1-16-12-17(2)14-19(13-16)24-23-8-6-18-15-20(26(3,4)5)7-9-21(18)22(23)10-11-25-24;1-6-11(7-2)13(15)10(5)14(16)12(8-3)9-4;/h6-13,15H,1-5H3;11-12,15H,6-9H2,1-5H3;/q-1;;. The van der Waals surface area contributed by atoms with Gasteiger partial charge in [0.2, 0.25) is 0 Å². The maximum Gasteiger partial charge on any atom is 0.164 e. The number of aliphatic hydroxyl groups excluding tert-OH is 1. The van der Waals surface area contributed by atoms with Crippen molar-refractivity contribution in [1.29, 1.82) is 0 Å². The molecule has 0 atom stereocenters. The molecule has 0 bridgehead atoms. The summed E-state index contributed by atoms with van der Waals surface area (Å²) in [6.07, 6.45) is 5.40. The van der Waals surface area contributed by atoms with Gasteiger partial charge in [0.05, 0.1) is 8.07 Å². The van der Waals surface area contributed by atoms with Crippen LogP contribution in [-0.4, -0.2) is 23.9 Å². The van der Waals surface area contributed by atoms with E-state index in [2.05, 4.69) is 88.1 Å². The van der Waals surface area contributed by atoms with Crippen molar-refractivity contribution >= 4 is 40.6 Å². The minimum Gasteiger partial charge on any atom is -0.512 e. The zero-order chi connectivity index (χ0) is 31.2. The molecule has 0 spiro atoms. The number of carbonyl (C=O) groups excluding carboxylic acids is 1. The van der Waals surface area contributed by atoms with Gasteiger partial charge >= 0.3 is 0 Å². The number of allylic oxidation sites excluding steroid dienone is 2. The number of Topliss-reactive ketones (excluding diaryl/α,β-unsaturated/α-hetero) is 1. The van der Waals surface area contributed by atoms with Crippen molar-refractivity contribution in [3.63, 3.8) is 0 Å². The van der Waals surface area contributed by atoms with Gasteiger partial charge in [-0.15, -0.1) is 34.9 Å². The number of ketones is 1. The summed E-state index contributed by atoms with van der Waals surface area (Å²) in [5, 5.41) is 16.6. The summed E-state index contributed by atoms with van der Waals surface area (Å²) in [5.74, 6) is 0.631. The second kappa shape index (κ2) is 15.9. The maximum absolute atomic E-state index is 12.1. The molecule has 0 fully saturated rings. The fraction of sp³-hybridized carbons (Fsp3) is 0.421. The van der Waals surface area contributed by atoms with Crippen LogP contribution in [0, 0.1) is 31.7 Å². The number of rotatable bonds is 9. The summed E-state index contributed by atoms with van der Waals surface area (Å²) in [5.41, 5.74) is 5.06. The fourth-order valence-electron chi connectivity index (χ4n) is 5.77. The Hall–Kier alpha value is -2.59. The van der Waals surface area contributed by atoms with Crippen LogP contribution in [0.3, 0.4) is 0 Å². The van der Waals surface area contributed by atoms with E-state index >= 15 is 0 Å². The van der Waals surface area contributed by atoms with E-state index in [-0.39, 0.29) is 37.7 Å². The van der Waals surface area contributed by atoms with E-state index in [1.54, 1.807) is 6.92 Å². The number of benzene rings is 3. The molecule has 4 rings (SSSR count). The normalized spacial score (nSPS) is 12.2. The largest absolute Gasteiger partial charge is 0.512 e. The molecular weight excluding hydrogens is 723 g/mol. The molecule has 5 heteroatoms. The number of fused-ring (bicyclic) bond motifs is 3. The van der Waals surface area contributed by atoms with Crippen molar-refractivity contribution in [1.82, 2.24) is 4.98 Å². The first-order valence-corrected chi connectivity index (χ1v) is 19.1. The summed E-state index contributed by atoms with van der Waals surface area (Å²) < 4.78 is 0. The molecule has 0 aliphatic heterocycles. The summed E-state index contributed by atoms with van der Waals surface area (Å²) >= 11 is 0. The second-order valence-corrected chi connectivity index (χ2v) is 17.7. The number of aliphatic hydroxyl groups is 1. The first kappa shape index (κ1) is 36.6. The van der Waals surface area contributed by atoms with Gasteiger partial charge in [0.15, 0.2) is 5.78 Å². The summed E-state index contributed by atoms with van der Waals surface area (Å²) in [6.45, 7) is 21.3. The van der Waals surface area contributed by atoms with Crippen molar-refractivity contribution in [2.45, 2.75) is 93.8 Å². The number of hydrogen-bond donors (Lipinski definition) is 1. The van der Waals surface area contributed by atoms with E-state index in [0.717, 1.165) is 42.5 Å². The van der Waals surface area contributed by atoms with Gasteiger partial charge in [0, 0.05) is 43.7 Å². The number of aromatic nitrogens is 1. The van der Waals surface area contributed by atoms with Crippen LogP contribution in [0.1, 0.15) is 71.4 Å². The van der Waals surface area contributed by atoms with Gasteiger partial charge in [-0.25, -0.2) is 0 Å². The van der Waals surface area contributed by atoms with Gasteiger partial charge in [-0.3, -0.25) is 4.79 Å². The van der Waals surface area contributed by atoms with Gasteiger partial charge in [0.1, 0.15) is 5.76 Å². The number of pyridine rings is 1. The first-order chi connectivity index (χ1) is 19.9. The van der Waals surface area contributed by atoms with Crippen molar-refractivity contribution in [2.24, 2.45) is 11.8 Å². The molecule has 3 aromatic carbocycles. The Balaban J connectivity index is 0.000000332. The second-order valence-electron chi connectivity index (χ2n) is 12.7. The Morgan fingerprint density at radius 1 is 0.837 bits per heavy atom. The Kier molecular flexibility index (Phi) is 13.6. The van der Waals surface area contributed by atoms with Crippen LogP contribution < -0.4 is 5.19 Å². The van der Waals surface area contributed by atoms with Crippen molar-refractivity contribution in [2.75, 3.05) is 0 Å². The minimum atomic E-state index is -1.31. The van der Waals surface area contributed by atoms with E-state index in [4.69, 9.17) is 4.98 Å². The van der Waals surface area contributed by atoms with E-state index in [0.29, 0.717) is 11.3 Å². The molecule has 1 radical (unpaired) electrons. The molecule has 0 unspecified atom stereocenters. The van der Waals surface area contributed by atoms with Gasteiger partial charge in [0.25, 0.3) is 0 Å². The molecule has 0 aliphatic carbocycles. The Bertz CT molecular complexity index is 1560. The van der Waals surface area contributed by atoms with E-state index in [1.807, 2.05) is 33.9 Å². The molecule has 1 N–H and O–H groups in total. The summed E-state index contributed by atoms with van der Waals surface area (Å²) in [7, 11) is -1.31. The van der Waals surface area contributed by atoms with Gasteiger partial charge in [-0.2, -0.15) is 0 Å². The molecule has 0 amide bonds. The van der Waals surface area contributed by atoms with E-state index in [1.165, 1.54) is 32.3 Å². The summed E-state index contributed by atoms with van der Waals surface area (Å²) in [4.78, 5) is 16.8. The molecular formula is C38H50IrNO2Si-. The van der Waals surface area contributed by atoms with Crippen LogP contribution in [0.15, 0.2) is 66.1 Å². The third kappa shape index (κ3) is 8.74. The average Bonchev–Trinajstić information content (AvgIpc) is 2.96. The third-order valence-electron chi connectivity index (χ3n) is 8.51. The van der Waals surface area contributed by atoms with Crippen molar-refractivity contribution < 1.29 is 30.0 Å². The monoisotopic (exact) mass is 773 g/mol. The van der Waals surface area contributed by atoms with Gasteiger partial charge in [-0.05, 0) is 65.9 Å². The van der Waals surface area contributed by atoms with Crippen LogP contribution in [0.5, 0.6) is 0 Å². The fourth-order valence-corrected chi connectivity index (χ4v) is 6.95. The molecule has 1 heterocycles. The Labute approximate surface area is 274 Å². The van der Waals surface area contributed by atoms with E-state index in [9.17, 15) is 9.90 Å². The predicted molar refractivity (Wildman–Crippen MR) is 184 cm³/mol. The van der Waals surface area contributed by atoms with Crippen molar-refractivity contribution in [3.05, 3.63) is 83.3 Å². The molecule has 0 saturated carbocycles. The van der Waals surface area contributed by atoms with E-state index < -0.39 is 8.07 Å². The van der Waals surface area contributed by atoms with Crippen LogP contribution in [-0.2, 0) is 24.9 Å². The molecule has 43 heavy (non-hydrogen) atoms. The molecule has 0 aliphatic rings. The first-order valence-electron chi connectivity index (χ1n) is 15.6. The van der Waals surface area contributed by atoms with Crippen LogP contribution in [0.25, 0.3) is 32.8 Å². The van der Waals surface area contributed by atoms with Crippen LogP contribution >= 0.6 is 0 Å². The Morgan fingerprint density at radius 3 is 2.00 bits per heavy atom. The number of carbonyl (C=O) groups is 1. The van der Waals surface area contributed by atoms with Gasteiger partial charge in [-0.1, -0.05) is 96.7 Å². The molecule has 0 saturated heterocycles. The summed E-state index contributed by atoms with van der Waals surface area (Å²) in [6, 6.07) is 21.4. The van der Waals surface area contributed by atoms with Crippen LogP contribution in [0.4, 0.5) is 0 Å². The average molecular weight is 773 g/mol. The number of aryl methyl sites for hydroxylation is 2. The van der Waals surface area contributed by atoms with Crippen LogP contribution in [0.2, 0.25) is 19.6 Å². The molecule has 4 aromatic rings. The SMILES string of the molecule is CCC(CC)C(=O)C(C)=C(O)C(CC)CC.Cc1[c-]c(-c2nccc3c2ccc2cc([Si](C)(C)C)ccc23)cc(C)c1.[Ir]. The minimum absolute atomic E-state index is 0. The molecule has 1 aromatic heterocycles. The topological polar surface area (TPSA) is 50.2 Å². The van der Waals surface area contributed by atoms with Gasteiger partial charge < -0.3 is 10.1 Å². The maximum atomic E-state index is 12.1. The third-order valence-corrected chi connectivity index (χ3v) is 10.6. The zero-order valence-electron chi connectivity index (χ0n) is 27.8. The smallest absolute Gasteiger partial charge is 0.164 e.